The summed E-state index contributed by atoms with van der Waals surface area (Å²) in [4.78, 5) is 15.3. The second kappa shape index (κ2) is 5.52. The van der Waals surface area contributed by atoms with Crippen LogP contribution in [0.25, 0.3) is 0 Å². The highest BCUT2D eigenvalue weighted by Crippen LogP contribution is 2.32. The average molecular weight is 287 g/mol. The van der Waals surface area contributed by atoms with Crippen LogP contribution in [-0.2, 0) is 14.3 Å². The highest BCUT2D eigenvalue weighted by Gasteiger charge is 2.54. The lowest BCUT2D eigenvalue weighted by Crippen LogP contribution is -2.42. The summed E-state index contributed by atoms with van der Waals surface area (Å²) < 4.78 is 48.1. The van der Waals surface area contributed by atoms with E-state index in [1.807, 2.05) is 0 Å². The zero-order chi connectivity index (χ0) is 14.8. The van der Waals surface area contributed by atoms with Crippen molar-refractivity contribution < 1.29 is 27.4 Å². The second-order valence-electron chi connectivity index (χ2n) is 4.08. The molecule has 1 heterocycles. The topological polar surface area (TPSA) is 47.9 Å². The third-order valence-electron chi connectivity index (χ3n) is 2.65. The summed E-state index contributed by atoms with van der Waals surface area (Å²) >= 11 is 0. The molecular formula is C13H12F3NO3. The van der Waals surface area contributed by atoms with Gasteiger partial charge in [-0.1, -0.05) is 18.2 Å². The minimum absolute atomic E-state index is 0.0178. The van der Waals surface area contributed by atoms with Gasteiger partial charge in [0.25, 0.3) is 0 Å². The predicted molar refractivity (Wildman–Crippen MR) is 64.3 cm³/mol. The number of hydrogen-bond donors (Lipinski definition) is 0. The quantitative estimate of drug-likeness (QED) is 0.802. The van der Waals surface area contributed by atoms with E-state index in [0.29, 0.717) is 5.56 Å². The molecule has 1 aromatic carbocycles. The van der Waals surface area contributed by atoms with Gasteiger partial charge in [-0.05, 0) is 19.1 Å². The lowest BCUT2D eigenvalue weighted by molar-refractivity contribution is -0.203. The molecule has 0 aromatic heterocycles. The highest BCUT2D eigenvalue weighted by atomic mass is 19.4. The van der Waals surface area contributed by atoms with Crippen molar-refractivity contribution in [2.45, 2.75) is 25.2 Å². The van der Waals surface area contributed by atoms with Crippen LogP contribution in [0, 0.1) is 0 Å². The Morgan fingerprint density at radius 1 is 1.35 bits per heavy atom. The number of nitrogens with zero attached hydrogens (tertiary/aromatic N) is 1. The minimum atomic E-state index is -4.70. The Hall–Kier alpha value is -2.05. The van der Waals surface area contributed by atoms with E-state index >= 15 is 0 Å². The number of halogens is 3. The van der Waals surface area contributed by atoms with Crippen molar-refractivity contribution in [2.75, 3.05) is 6.61 Å². The van der Waals surface area contributed by atoms with Crippen LogP contribution in [0.4, 0.5) is 13.2 Å². The number of alkyl halides is 3. The zero-order valence-corrected chi connectivity index (χ0v) is 10.6. The van der Waals surface area contributed by atoms with Gasteiger partial charge >= 0.3 is 12.1 Å². The molecule has 20 heavy (non-hydrogen) atoms. The van der Waals surface area contributed by atoms with Crippen LogP contribution < -0.4 is 0 Å². The Labute approximate surface area is 113 Å². The van der Waals surface area contributed by atoms with Crippen molar-refractivity contribution in [1.29, 1.82) is 0 Å². The zero-order valence-electron chi connectivity index (χ0n) is 10.6. The molecule has 0 spiro atoms. The van der Waals surface area contributed by atoms with Crippen LogP contribution in [-0.4, -0.2) is 36.8 Å². The summed E-state index contributed by atoms with van der Waals surface area (Å²) in [6, 6.07) is 6.39. The lowest BCUT2D eigenvalue weighted by atomic mass is 10.2. The largest absolute Gasteiger partial charge is 0.464 e. The Balaban J connectivity index is 2.29. The number of benzene rings is 1. The molecule has 0 radical (unpaired) electrons. The lowest BCUT2D eigenvalue weighted by Gasteiger charge is -2.19. The molecule has 2 unspecified atom stereocenters. The first-order valence-corrected chi connectivity index (χ1v) is 5.96. The van der Waals surface area contributed by atoms with E-state index in [-0.39, 0.29) is 12.5 Å². The normalized spacial score (nSPS) is 22.1. The number of rotatable bonds is 3. The standard InChI is InChI=1S/C13H12F3NO3/c1-2-19-12(18)9-10(13(14,15)16)20-11(17-9)8-6-4-3-5-7-8/h3-7,9-10H,2H2,1H3. The molecule has 0 aliphatic carbocycles. The first-order valence-electron chi connectivity index (χ1n) is 5.96. The van der Waals surface area contributed by atoms with Gasteiger partial charge in [0.15, 0.2) is 6.04 Å². The van der Waals surface area contributed by atoms with E-state index in [4.69, 9.17) is 4.74 Å². The van der Waals surface area contributed by atoms with Crippen LogP contribution in [0.1, 0.15) is 12.5 Å². The second-order valence-corrected chi connectivity index (χ2v) is 4.08. The Bertz CT molecular complexity index is 513. The Morgan fingerprint density at radius 2 is 2.00 bits per heavy atom. The van der Waals surface area contributed by atoms with Crippen LogP contribution in [0.2, 0.25) is 0 Å². The Kier molecular flexibility index (Phi) is 3.96. The first-order chi connectivity index (χ1) is 9.43. The third-order valence-corrected chi connectivity index (χ3v) is 2.65. The van der Waals surface area contributed by atoms with Gasteiger partial charge in [-0.15, -0.1) is 0 Å². The fraction of sp³-hybridized carbons (Fsp3) is 0.385. The van der Waals surface area contributed by atoms with Gasteiger partial charge in [-0.2, -0.15) is 13.2 Å². The molecule has 0 fully saturated rings. The minimum Gasteiger partial charge on any atom is -0.464 e. The summed E-state index contributed by atoms with van der Waals surface area (Å²) in [5.74, 6) is -1.24. The molecule has 0 N–H and O–H groups in total. The highest BCUT2D eigenvalue weighted by molar-refractivity contribution is 5.98. The molecule has 1 aliphatic heterocycles. The number of aliphatic imine (C=N–C) groups is 1. The number of carbonyl (C=O) groups is 1. The number of hydrogen-bond acceptors (Lipinski definition) is 4. The van der Waals surface area contributed by atoms with Crippen molar-refractivity contribution in [2.24, 2.45) is 4.99 Å². The smallest absolute Gasteiger partial charge is 0.428 e. The molecule has 2 rings (SSSR count). The van der Waals surface area contributed by atoms with Crippen LogP contribution in [0.3, 0.4) is 0 Å². The van der Waals surface area contributed by atoms with Gasteiger partial charge in [0.05, 0.1) is 6.61 Å². The van der Waals surface area contributed by atoms with Gasteiger partial charge in [0.1, 0.15) is 0 Å². The summed E-state index contributed by atoms with van der Waals surface area (Å²) in [6.45, 7) is 1.49. The number of carbonyl (C=O) groups excluding carboxylic acids is 1. The van der Waals surface area contributed by atoms with E-state index in [2.05, 4.69) is 9.73 Å². The fourth-order valence-electron chi connectivity index (χ4n) is 1.78. The summed E-state index contributed by atoms with van der Waals surface area (Å²) in [7, 11) is 0. The maximum Gasteiger partial charge on any atom is 0.428 e. The average Bonchev–Trinajstić information content (AvgIpc) is 2.85. The van der Waals surface area contributed by atoms with Crippen LogP contribution >= 0.6 is 0 Å². The van der Waals surface area contributed by atoms with Gasteiger partial charge in [0, 0.05) is 5.56 Å². The number of esters is 1. The first kappa shape index (κ1) is 14.4. The molecule has 4 nitrogen and oxygen atoms in total. The van der Waals surface area contributed by atoms with Crippen molar-refractivity contribution >= 4 is 11.9 Å². The molecule has 1 aromatic rings. The maximum atomic E-state index is 12.9. The molecule has 108 valence electrons. The molecule has 7 heteroatoms. The molecule has 0 bridgehead atoms. The molecule has 0 saturated heterocycles. The van der Waals surface area contributed by atoms with Gasteiger partial charge in [0.2, 0.25) is 12.0 Å². The van der Waals surface area contributed by atoms with Gasteiger partial charge < -0.3 is 9.47 Å². The van der Waals surface area contributed by atoms with E-state index in [9.17, 15) is 18.0 Å². The van der Waals surface area contributed by atoms with Crippen LogP contribution in [0.15, 0.2) is 35.3 Å². The van der Waals surface area contributed by atoms with Crippen molar-refractivity contribution in [3.05, 3.63) is 35.9 Å². The van der Waals surface area contributed by atoms with Crippen molar-refractivity contribution in [3.63, 3.8) is 0 Å². The van der Waals surface area contributed by atoms with Crippen LogP contribution in [0.5, 0.6) is 0 Å². The molecule has 0 amide bonds. The van der Waals surface area contributed by atoms with Crippen molar-refractivity contribution in [3.8, 4) is 0 Å². The molecule has 2 atom stereocenters. The van der Waals surface area contributed by atoms with E-state index < -0.39 is 24.3 Å². The van der Waals surface area contributed by atoms with Gasteiger partial charge in [-0.3, -0.25) is 0 Å². The third kappa shape index (κ3) is 2.92. The molecule has 0 saturated carbocycles. The number of ether oxygens (including phenoxy) is 2. The van der Waals surface area contributed by atoms with E-state index in [1.165, 1.54) is 6.92 Å². The molecular weight excluding hydrogens is 275 g/mol. The maximum absolute atomic E-state index is 12.9. The Morgan fingerprint density at radius 3 is 2.55 bits per heavy atom. The fourth-order valence-corrected chi connectivity index (χ4v) is 1.78. The van der Waals surface area contributed by atoms with Crippen molar-refractivity contribution in [1.82, 2.24) is 0 Å². The van der Waals surface area contributed by atoms with E-state index in [1.54, 1.807) is 30.3 Å². The SMILES string of the molecule is CCOC(=O)C1N=C(c2ccccc2)OC1C(F)(F)F. The molecule has 1 aliphatic rings. The summed E-state index contributed by atoms with van der Waals surface area (Å²) in [5, 5.41) is 0. The summed E-state index contributed by atoms with van der Waals surface area (Å²) in [5.41, 5.74) is 0.383. The monoisotopic (exact) mass is 287 g/mol. The summed E-state index contributed by atoms with van der Waals surface area (Å²) in [6.07, 6.45) is -7.01. The van der Waals surface area contributed by atoms with E-state index in [0.717, 1.165) is 0 Å². The predicted octanol–water partition coefficient (Wildman–Crippen LogP) is 2.33. The van der Waals surface area contributed by atoms with Gasteiger partial charge in [-0.25, -0.2) is 9.79 Å².